The lowest BCUT2D eigenvalue weighted by atomic mass is 9.97. The molecule has 2 rings (SSSR count). The molecule has 0 spiro atoms. The zero-order chi connectivity index (χ0) is 15.1. The third-order valence-electron chi connectivity index (χ3n) is 3.97. The van der Waals surface area contributed by atoms with Gasteiger partial charge in [0.1, 0.15) is 5.76 Å². The van der Waals surface area contributed by atoms with Crippen molar-refractivity contribution in [2.75, 3.05) is 38.0 Å². The number of aryl methyl sites for hydroxylation is 1. The van der Waals surface area contributed by atoms with E-state index in [1.54, 1.807) is 13.0 Å². The van der Waals surface area contributed by atoms with Gasteiger partial charge in [-0.2, -0.15) is 0 Å². The Bertz CT molecular complexity index is 441. The van der Waals surface area contributed by atoms with Crippen LogP contribution in [0.25, 0.3) is 0 Å². The Morgan fingerprint density at radius 1 is 1.52 bits per heavy atom. The van der Waals surface area contributed by atoms with Crippen LogP contribution < -0.4 is 10.6 Å². The number of rotatable bonds is 7. The molecular weight excluding hydrogens is 268 g/mol. The first-order valence-electron chi connectivity index (χ1n) is 7.83. The highest BCUT2D eigenvalue weighted by molar-refractivity contribution is 5.89. The molecule has 0 radical (unpaired) electrons. The van der Waals surface area contributed by atoms with E-state index in [0.29, 0.717) is 18.0 Å². The van der Waals surface area contributed by atoms with Gasteiger partial charge in [0, 0.05) is 25.6 Å². The van der Waals surface area contributed by atoms with Gasteiger partial charge >= 0.3 is 0 Å². The van der Waals surface area contributed by atoms with Crippen molar-refractivity contribution < 1.29 is 9.32 Å². The molecule has 1 aromatic rings. The number of amides is 1. The molecule has 0 atom stereocenters. The summed E-state index contributed by atoms with van der Waals surface area (Å²) in [6.45, 7) is 9.07. The summed E-state index contributed by atoms with van der Waals surface area (Å²) in [6.07, 6.45) is 2.96. The molecule has 1 fully saturated rings. The minimum Gasteiger partial charge on any atom is -0.360 e. The second-order valence-corrected chi connectivity index (χ2v) is 5.71. The van der Waals surface area contributed by atoms with Gasteiger partial charge in [0.25, 0.3) is 0 Å². The first-order chi connectivity index (χ1) is 10.2. The Labute approximate surface area is 126 Å². The minimum atomic E-state index is -0.00735. The van der Waals surface area contributed by atoms with Crippen molar-refractivity contribution >= 4 is 11.7 Å². The molecule has 0 unspecified atom stereocenters. The van der Waals surface area contributed by atoms with E-state index < -0.39 is 0 Å². The maximum absolute atomic E-state index is 11.9. The van der Waals surface area contributed by atoms with Crippen molar-refractivity contribution in [1.82, 2.24) is 15.4 Å². The van der Waals surface area contributed by atoms with Gasteiger partial charge < -0.3 is 20.1 Å². The normalized spacial score (nSPS) is 16.3. The smallest absolute Gasteiger partial charge is 0.226 e. The number of anilines is 1. The van der Waals surface area contributed by atoms with E-state index in [-0.39, 0.29) is 5.91 Å². The maximum Gasteiger partial charge on any atom is 0.226 e. The fraction of sp³-hybridized carbons (Fsp3) is 0.733. The summed E-state index contributed by atoms with van der Waals surface area (Å²) >= 11 is 0. The average Bonchev–Trinajstić information content (AvgIpc) is 2.89. The molecule has 2 heterocycles. The largest absolute Gasteiger partial charge is 0.360 e. The highest BCUT2D eigenvalue weighted by Gasteiger charge is 2.17. The molecule has 6 nitrogen and oxygen atoms in total. The third-order valence-corrected chi connectivity index (χ3v) is 3.97. The van der Waals surface area contributed by atoms with Crippen LogP contribution in [0.15, 0.2) is 10.6 Å². The van der Waals surface area contributed by atoms with Crippen molar-refractivity contribution in [2.45, 2.75) is 33.1 Å². The summed E-state index contributed by atoms with van der Waals surface area (Å²) in [4.78, 5) is 14.3. The summed E-state index contributed by atoms with van der Waals surface area (Å²) in [7, 11) is 0. The van der Waals surface area contributed by atoms with Crippen molar-refractivity contribution in [3.05, 3.63) is 11.8 Å². The monoisotopic (exact) mass is 294 g/mol. The van der Waals surface area contributed by atoms with Crippen LogP contribution in [0.3, 0.4) is 0 Å². The second-order valence-electron chi connectivity index (χ2n) is 5.71. The molecule has 21 heavy (non-hydrogen) atoms. The van der Waals surface area contributed by atoms with Crippen LogP contribution in [-0.2, 0) is 4.79 Å². The van der Waals surface area contributed by atoms with E-state index in [4.69, 9.17) is 4.52 Å². The molecule has 0 aromatic carbocycles. The summed E-state index contributed by atoms with van der Waals surface area (Å²) in [5.74, 6) is 1.95. The van der Waals surface area contributed by atoms with Gasteiger partial charge in [-0.25, -0.2) is 0 Å². The van der Waals surface area contributed by atoms with Gasteiger partial charge in [-0.1, -0.05) is 12.1 Å². The molecule has 1 aliphatic rings. The number of carbonyl (C=O) groups excluding carboxylic acids is 1. The van der Waals surface area contributed by atoms with Crippen LogP contribution in [0.4, 0.5) is 5.82 Å². The van der Waals surface area contributed by atoms with Crippen LogP contribution in [0, 0.1) is 12.8 Å². The fourth-order valence-electron chi connectivity index (χ4n) is 2.70. The van der Waals surface area contributed by atoms with Crippen LogP contribution in [0.5, 0.6) is 0 Å². The molecule has 0 saturated carbocycles. The van der Waals surface area contributed by atoms with Crippen LogP contribution in [0.2, 0.25) is 0 Å². The lowest BCUT2D eigenvalue weighted by molar-refractivity contribution is -0.116. The number of nitrogens with one attached hydrogen (secondary N) is 2. The van der Waals surface area contributed by atoms with Crippen LogP contribution in [0.1, 0.15) is 31.9 Å². The Morgan fingerprint density at radius 3 is 2.90 bits per heavy atom. The highest BCUT2D eigenvalue weighted by atomic mass is 16.5. The van der Waals surface area contributed by atoms with E-state index in [0.717, 1.165) is 38.6 Å². The number of hydrogen-bond donors (Lipinski definition) is 2. The van der Waals surface area contributed by atoms with E-state index in [9.17, 15) is 4.79 Å². The number of hydrogen-bond acceptors (Lipinski definition) is 5. The SMILES string of the molecule is CCN(CCC(=O)Nc1cc(C)on1)CC1CCNCC1. The Balaban J connectivity index is 1.70. The van der Waals surface area contributed by atoms with Gasteiger partial charge in [-0.3, -0.25) is 4.79 Å². The van der Waals surface area contributed by atoms with Gasteiger partial charge in [0.2, 0.25) is 5.91 Å². The number of piperidine rings is 1. The Morgan fingerprint density at radius 2 is 2.29 bits per heavy atom. The molecule has 0 aliphatic carbocycles. The Kier molecular flexibility index (Phi) is 6.20. The minimum absolute atomic E-state index is 0.00735. The number of nitrogens with zero attached hydrogens (tertiary/aromatic N) is 2. The first-order valence-corrected chi connectivity index (χ1v) is 7.83. The molecule has 1 aromatic heterocycles. The van der Waals surface area contributed by atoms with E-state index in [2.05, 4.69) is 27.6 Å². The lowest BCUT2D eigenvalue weighted by Crippen LogP contribution is -2.37. The van der Waals surface area contributed by atoms with E-state index in [1.807, 2.05) is 0 Å². The van der Waals surface area contributed by atoms with Gasteiger partial charge in [0.15, 0.2) is 5.82 Å². The predicted octanol–water partition coefficient (Wildman–Crippen LogP) is 1.63. The van der Waals surface area contributed by atoms with Gasteiger partial charge in [0.05, 0.1) is 0 Å². The Hall–Kier alpha value is -1.40. The summed E-state index contributed by atoms with van der Waals surface area (Å²) < 4.78 is 4.93. The summed E-state index contributed by atoms with van der Waals surface area (Å²) in [5, 5.41) is 9.92. The van der Waals surface area contributed by atoms with E-state index in [1.165, 1.54) is 12.8 Å². The summed E-state index contributed by atoms with van der Waals surface area (Å²) in [6, 6.07) is 1.73. The molecule has 6 heteroatoms. The van der Waals surface area contributed by atoms with Gasteiger partial charge in [-0.15, -0.1) is 0 Å². The molecule has 1 saturated heterocycles. The van der Waals surface area contributed by atoms with Gasteiger partial charge in [-0.05, 0) is 45.3 Å². The molecule has 2 N–H and O–H groups in total. The first kappa shape index (κ1) is 16.0. The van der Waals surface area contributed by atoms with Crippen LogP contribution >= 0.6 is 0 Å². The fourth-order valence-corrected chi connectivity index (χ4v) is 2.70. The van der Waals surface area contributed by atoms with Crippen molar-refractivity contribution in [1.29, 1.82) is 0 Å². The zero-order valence-corrected chi connectivity index (χ0v) is 13.0. The maximum atomic E-state index is 11.9. The third kappa shape index (κ3) is 5.47. The standard InChI is InChI=1S/C15H26N4O2/c1-3-19(11-13-4-7-16-8-5-13)9-6-15(20)17-14-10-12(2)21-18-14/h10,13,16H,3-9,11H2,1-2H3,(H,17,18,20). The predicted molar refractivity (Wildman–Crippen MR) is 82.2 cm³/mol. The second kappa shape index (κ2) is 8.14. The van der Waals surface area contributed by atoms with Crippen molar-refractivity contribution in [2.24, 2.45) is 5.92 Å². The quantitative estimate of drug-likeness (QED) is 0.800. The topological polar surface area (TPSA) is 70.4 Å². The van der Waals surface area contributed by atoms with E-state index >= 15 is 0 Å². The highest BCUT2D eigenvalue weighted by Crippen LogP contribution is 2.14. The van der Waals surface area contributed by atoms with Crippen LogP contribution in [-0.4, -0.2) is 48.7 Å². The molecule has 0 bridgehead atoms. The lowest BCUT2D eigenvalue weighted by Gasteiger charge is -2.29. The average molecular weight is 294 g/mol. The molecule has 1 amide bonds. The zero-order valence-electron chi connectivity index (χ0n) is 13.0. The molecular formula is C15H26N4O2. The summed E-state index contributed by atoms with van der Waals surface area (Å²) in [5.41, 5.74) is 0. The number of aromatic nitrogens is 1. The number of carbonyl (C=O) groups is 1. The molecule has 1 aliphatic heterocycles. The van der Waals surface area contributed by atoms with Crippen molar-refractivity contribution in [3.63, 3.8) is 0 Å². The van der Waals surface area contributed by atoms with Crippen molar-refractivity contribution in [3.8, 4) is 0 Å². The molecule has 118 valence electrons.